The molecule has 8 atom stereocenters. The Morgan fingerprint density at radius 3 is 2.70 bits per heavy atom. The third-order valence-corrected chi connectivity index (χ3v) is 12.9. The van der Waals surface area contributed by atoms with Crippen molar-refractivity contribution in [3.05, 3.63) is 97.1 Å². The number of hydrogen-bond donors (Lipinski definition) is 7. The lowest BCUT2D eigenvalue weighted by molar-refractivity contribution is -0.163. The van der Waals surface area contributed by atoms with Gasteiger partial charge in [0, 0.05) is 35.4 Å². The first kappa shape index (κ1) is 37.1. The van der Waals surface area contributed by atoms with E-state index in [-0.39, 0.29) is 12.3 Å². The minimum Gasteiger partial charge on any atom is -0.481 e. The number of H-pyrrole nitrogens is 2. The SMILES string of the molecule is C=C1C[C@]23C[C@@]1(O)CC[C@H]2[C@@]12C=C[C@H](O)[C@@](C)(C(=O)O1)[C@H]2[C@@H]3C(=O)O.O=C(O)CCCc1c[nH]c2ccccc12.c1coc(CNc2ncnc3nc[nH]c23)c1. The van der Waals surface area contributed by atoms with Gasteiger partial charge in [-0.3, -0.25) is 14.4 Å². The minimum absolute atomic E-state index is 0.180. The molecular weight excluding hydrogens is 720 g/mol. The van der Waals surface area contributed by atoms with Crippen molar-refractivity contribution in [1.82, 2.24) is 24.9 Å². The van der Waals surface area contributed by atoms with Gasteiger partial charge in [-0.1, -0.05) is 30.9 Å². The number of ether oxygens (including phenoxy) is 1. The number of carbonyl (C=O) groups excluding carboxylic acids is 1. The van der Waals surface area contributed by atoms with Crippen molar-refractivity contribution >= 4 is 45.8 Å². The number of furan rings is 1. The lowest BCUT2D eigenvalue weighted by Crippen LogP contribution is -2.50. The molecule has 0 amide bonds. The maximum absolute atomic E-state index is 12.7. The number of carbonyl (C=O) groups is 3. The highest BCUT2D eigenvalue weighted by atomic mass is 16.6. The molecule has 4 aromatic heterocycles. The molecule has 4 fully saturated rings. The van der Waals surface area contributed by atoms with E-state index in [0.29, 0.717) is 49.9 Å². The number of esters is 1. The third kappa shape index (κ3) is 5.79. The molecule has 5 heterocycles. The smallest absolute Gasteiger partial charge is 0.316 e. The number of hydrogen-bond acceptors (Lipinski definition) is 11. The molecule has 292 valence electrons. The van der Waals surface area contributed by atoms with Gasteiger partial charge in [0.05, 0.1) is 36.8 Å². The number of aryl methyl sites for hydroxylation is 1. The average molecular weight is 765 g/mol. The molecular formula is C41H44N6O9. The van der Waals surface area contributed by atoms with Crippen LogP contribution in [0.25, 0.3) is 22.1 Å². The van der Waals surface area contributed by atoms with E-state index >= 15 is 0 Å². The van der Waals surface area contributed by atoms with Crippen LogP contribution in [-0.2, 0) is 32.1 Å². The number of nitrogens with one attached hydrogen (secondary N) is 3. The number of imidazole rings is 1. The summed E-state index contributed by atoms with van der Waals surface area (Å²) in [6, 6.07) is 11.8. The van der Waals surface area contributed by atoms with Crippen LogP contribution in [0.2, 0.25) is 0 Å². The van der Waals surface area contributed by atoms with Crippen LogP contribution in [-0.4, -0.2) is 80.6 Å². The van der Waals surface area contributed by atoms with E-state index < -0.39 is 57.9 Å². The number of carboxylic acids is 2. The lowest BCUT2D eigenvalue weighted by Gasteiger charge is -2.44. The first-order chi connectivity index (χ1) is 26.8. The number of carboxylic acid groups (broad SMARTS) is 2. The van der Waals surface area contributed by atoms with Gasteiger partial charge >= 0.3 is 17.9 Å². The molecule has 1 spiro atoms. The van der Waals surface area contributed by atoms with Crippen molar-refractivity contribution in [2.45, 2.75) is 75.7 Å². The molecule has 4 aliphatic carbocycles. The van der Waals surface area contributed by atoms with Gasteiger partial charge in [0.25, 0.3) is 0 Å². The maximum Gasteiger partial charge on any atom is 0.316 e. The zero-order valence-corrected chi connectivity index (χ0v) is 30.8. The summed E-state index contributed by atoms with van der Waals surface area (Å²) >= 11 is 0. The molecule has 0 unspecified atom stereocenters. The van der Waals surface area contributed by atoms with Crippen LogP contribution in [0.5, 0.6) is 0 Å². The van der Waals surface area contributed by atoms with Crippen LogP contribution in [0, 0.1) is 28.6 Å². The average Bonchev–Trinajstić information content (AvgIpc) is 4.01. The van der Waals surface area contributed by atoms with E-state index in [1.165, 1.54) is 17.3 Å². The van der Waals surface area contributed by atoms with Crippen LogP contribution in [0.15, 0.2) is 90.2 Å². The summed E-state index contributed by atoms with van der Waals surface area (Å²) in [6.07, 6.45) is 12.5. The summed E-state index contributed by atoms with van der Waals surface area (Å²) in [5.41, 5.74) is 0.470. The van der Waals surface area contributed by atoms with Crippen LogP contribution in [0.3, 0.4) is 0 Å². The lowest BCUT2D eigenvalue weighted by atomic mass is 9.61. The molecule has 4 bridgehead atoms. The van der Waals surface area contributed by atoms with Gasteiger partial charge in [-0.15, -0.1) is 0 Å². The Morgan fingerprint density at radius 1 is 1.11 bits per heavy atom. The van der Waals surface area contributed by atoms with E-state index in [9.17, 15) is 29.7 Å². The Kier molecular flexibility index (Phi) is 9.11. The topological polar surface area (TPSA) is 237 Å². The predicted octanol–water partition coefficient (Wildman–Crippen LogP) is 5.16. The van der Waals surface area contributed by atoms with E-state index in [0.717, 1.165) is 29.0 Å². The molecule has 3 saturated carbocycles. The highest BCUT2D eigenvalue weighted by Gasteiger charge is 2.83. The van der Waals surface area contributed by atoms with Crippen molar-refractivity contribution in [3.8, 4) is 0 Å². The molecule has 1 saturated heterocycles. The predicted molar refractivity (Wildman–Crippen MR) is 202 cm³/mol. The number of benzene rings is 1. The summed E-state index contributed by atoms with van der Waals surface area (Å²) in [4.78, 5) is 53.9. The van der Waals surface area contributed by atoms with Gasteiger partial charge in [0.1, 0.15) is 28.6 Å². The molecule has 1 aromatic carbocycles. The van der Waals surface area contributed by atoms with E-state index in [1.807, 2.05) is 36.5 Å². The van der Waals surface area contributed by atoms with Crippen molar-refractivity contribution in [2.75, 3.05) is 5.32 Å². The van der Waals surface area contributed by atoms with Crippen LogP contribution < -0.4 is 5.32 Å². The van der Waals surface area contributed by atoms with Crippen LogP contribution in [0.4, 0.5) is 5.82 Å². The van der Waals surface area contributed by atoms with E-state index in [2.05, 4.69) is 42.9 Å². The second kappa shape index (κ2) is 13.7. The highest BCUT2D eigenvalue weighted by molar-refractivity contribution is 5.87. The minimum atomic E-state index is -1.27. The Labute approximate surface area is 320 Å². The number of nitrogens with zero attached hydrogens (tertiary/aromatic N) is 3. The number of aliphatic hydroxyl groups is 2. The Morgan fingerprint density at radius 2 is 1.93 bits per heavy atom. The number of aromatic nitrogens is 5. The Balaban J connectivity index is 0.000000124. The zero-order valence-electron chi connectivity index (χ0n) is 30.8. The molecule has 5 aliphatic rings. The molecule has 15 heteroatoms. The summed E-state index contributed by atoms with van der Waals surface area (Å²) in [7, 11) is 0. The van der Waals surface area contributed by atoms with Crippen molar-refractivity contribution in [2.24, 2.45) is 28.6 Å². The Bertz CT molecular complexity index is 2350. The molecule has 10 rings (SSSR count). The van der Waals surface area contributed by atoms with E-state index in [4.69, 9.17) is 14.3 Å². The first-order valence-corrected chi connectivity index (χ1v) is 18.7. The molecule has 0 radical (unpaired) electrons. The van der Waals surface area contributed by atoms with Gasteiger partial charge in [-0.25, -0.2) is 15.0 Å². The first-order valence-electron chi connectivity index (χ1n) is 18.7. The van der Waals surface area contributed by atoms with Gasteiger partial charge in [0.15, 0.2) is 11.5 Å². The number of aromatic amines is 2. The van der Waals surface area contributed by atoms with Crippen LogP contribution in [0.1, 0.15) is 56.8 Å². The second-order valence-electron chi connectivity index (χ2n) is 15.8. The fraction of sp³-hybridized carbons (Fsp3) is 0.415. The number of aliphatic hydroxyl groups excluding tert-OH is 1. The van der Waals surface area contributed by atoms with Crippen LogP contribution >= 0.6 is 0 Å². The summed E-state index contributed by atoms with van der Waals surface area (Å²) in [5.74, 6) is -2.33. The quantitative estimate of drug-likeness (QED) is 0.0800. The summed E-state index contributed by atoms with van der Waals surface area (Å²) < 4.78 is 11.1. The number of para-hydroxylation sites is 1. The largest absolute Gasteiger partial charge is 0.481 e. The fourth-order valence-electron chi connectivity index (χ4n) is 10.4. The van der Waals surface area contributed by atoms with Crippen molar-refractivity contribution < 1.29 is 44.0 Å². The molecule has 1 aliphatic heterocycles. The fourth-order valence-corrected chi connectivity index (χ4v) is 10.4. The summed E-state index contributed by atoms with van der Waals surface area (Å²) in [5, 5.41) is 44.5. The van der Waals surface area contributed by atoms with Crippen molar-refractivity contribution in [3.63, 3.8) is 0 Å². The third-order valence-electron chi connectivity index (χ3n) is 12.9. The van der Waals surface area contributed by atoms with E-state index in [1.54, 1.807) is 31.7 Å². The second-order valence-corrected chi connectivity index (χ2v) is 15.8. The zero-order chi connectivity index (χ0) is 39.5. The van der Waals surface area contributed by atoms with Gasteiger partial charge in [-0.05, 0) is 86.3 Å². The summed E-state index contributed by atoms with van der Waals surface area (Å²) in [6.45, 7) is 6.23. The van der Waals surface area contributed by atoms with Gasteiger partial charge in [-0.2, -0.15) is 0 Å². The number of aliphatic carboxylic acids is 2. The maximum atomic E-state index is 12.7. The molecule has 7 N–H and O–H groups in total. The highest BCUT2D eigenvalue weighted by Crippen LogP contribution is 2.77. The normalized spacial score (nSPS) is 31.8. The van der Waals surface area contributed by atoms with Crippen molar-refractivity contribution in [1.29, 1.82) is 0 Å². The number of rotatable bonds is 8. The number of fused-ring (bicyclic) bond motifs is 3. The Hall–Kier alpha value is -5.80. The molecule has 15 nitrogen and oxygen atoms in total. The standard InChI is InChI=1S/C19H22O6.C12H13NO2.C10H9N5O/c1-9-7-17-8-18(9,24)5-3-10(17)19-6-4-11(20)16(2,15(23)25-19)13(19)12(17)14(21)22;14-12(15)7-3-4-9-8-13-11-6-2-1-5-10(9)11;1-2-7(16-3-1)4-11-9-8-10(13-5-12-8)15-6-14-9/h4,6,10-13,20,24H,1,3,5,7-8H2,2H3,(H,21,22);1-2,5-6,8,13H,3-4,7H2,(H,14,15);1-3,5-6H,4H2,(H2,11,12,13,14,15)/t10-,11+,12-,13-,16-,17+,18+,19-;;/m1../s1. The molecule has 5 aromatic rings. The molecule has 56 heavy (non-hydrogen) atoms. The van der Waals surface area contributed by atoms with Gasteiger partial charge in [0.2, 0.25) is 0 Å². The monoisotopic (exact) mass is 764 g/mol. The number of anilines is 1. The van der Waals surface area contributed by atoms with Gasteiger partial charge < -0.3 is 44.9 Å².